The van der Waals surface area contributed by atoms with Crippen LogP contribution in [0.2, 0.25) is 5.02 Å². The van der Waals surface area contributed by atoms with Gasteiger partial charge in [0.25, 0.3) is 5.91 Å². The molecule has 1 unspecified atom stereocenters. The molecule has 1 aliphatic rings. The lowest BCUT2D eigenvalue weighted by Gasteiger charge is -2.30. The van der Waals surface area contributed by atoms with Crippen LogP contribution >= 0.6 is 11.6 Å². The maximum Gasteiger partial charge on any atom is 0.282 e. The van der Waals surface area contributed by atoms with Crippen molar-refractivity contribution in [3.05, 3.63) is 64.4 Å². The minimum atomic E-state index is -0.417. The summed E-state index contributed by atoms with van der Waals surface area (Å²) in [5, 5.41) is 3.01. The lowest BCUT2D eigenvalue weighted by molar-refractivity contribution is -0.929. The molecule has 1 heterocycles. The molecule has 0 bridgehead atoms. The summed E-state index contributed by atoms with van der Waals surface area (Å²) in [7, 11) is 0. The zero-order valence-electron chi connectivity index (χ0n) is 12.9. The molecule has 2 N–H and O–H groups in total. The van der Waals surface area contributed by atoms with Crippen molar-refractivity contribution < 1.29 is 14.1 Å². The van der Waals surface area contributed by atoms with Crippen LogP contribution in [0.1, 0.15) is 18.1 Å². The number of quaternary nitrogens is 1. The average Bonchev–Trinajstić information content (AvgIpc) is 2.56. The topological polar surface area (TPSA) is 33.5 Å². The van der Waals surface area contributed by atoms with Gasteiger partial charge in [0.05, 0.1) is 17.3 Å². The van der Waals surface area contributed by atoms with Gasteiger partial charge in [0.2, 0.25) is 0 Å². The van der Waals surface area contributed by atoms with E-state index in [4.69, 9.17) is 11.6 Å². The van der Waals surface area contributed by atoms with E-state index in [1.807, 2.05) is 13.0 Å². The normalized spacial score (nSPS) is 18.1. The highest BCUT2D eigenvalue weighted by molar-refractivity contribution is 6.33. The van der Waals surface area contributed by atoms with E-state index in [1.54, 1.807) is 0 Å². The van der Waals surface area contributed by atoms with Gasteiger partial charge in [0.15, 0.2) is 6.04 Å². The highest BCUT2D eigenvalue weighted by Crippen LogP contribution is 2.22. The summed E-state index contributed by atoms with van der Waals surface area (Å²) >= 11 is 5.97. The van der Waals surface area contributed by atoms with E-state index in [2.05, 4.69) is 23.5 Å². The molecule has 1 aliphatic heterocycles. The third kappa shape index (κ3) is 3.54. The molecule has 0 saturated heterocycles. The van der Waals surface area contributed by atoms with E-state index < -0.39 is 5.82 Å². The standard InChI is InChI=1S/C18H18ClFN2O/c1-12(18(23)21-17-7-6-15(20)10-16(17)19)22-9-8-13-4-2-3-5-14(13)11-22/h2-7,10,12H,8-9,11H2,1H3,(H,21,23)/p+1/t12-/m1/s1. The molecule has 2 aromatic carbocycles. The lowest BCUT2D eigenvalue weighted by Crippen LogP contribution is -3.16. The summed E-state index contributed by atoms with van der Waals surface area (Å²) in [5.74, 6) is -0.521. The van der Waals surface area contributed by atoms with Crippen molar-refractivity contribution in [2.45, 2.75) is 25.9 Å². The molecule has 23 heavy (non-hydrogen) atoms. The van der Waals surface area contributed by atoms with Crippen LogP contribution in [0, 0.1) is 5.82 Å². The molecule has 120 valence electrons. The highest BCUT2D eigenvalue weighted by atomic mass is 35.5. The van der Waals surface area contributed by atoms with Gasteiger partial charge in [0, 0.05) is 12.0 Å². The molecule has 5 heteroatoms. The molecule has 0 aliphatic carbocycles. The van der Waals surface area contributed by atoms with Crippen LogP contribution in [0.4, 0.5) is 10.1 Å². The Morgan fingerprint density at radius 1 is 1.26 bits per heavy atom. The second-order valence-electron chi connectivity index (χ2n) is 5.94. The molecule has 0 spiro atoms. The highest BCUT2D eigenvalue weighted by Gasteiger charge is 2.29. The van der Waals surface area contributed by atoms with Crippen molar-refractivity contribution in [3.63, 3.8) is 0 Å². The first-order valence-electron chi connectivity index (χ1n) is 7.72. The first-order valence-corrected chi connectivity index (χ1v) is 8.09. The number of halogens is 2. The minimum Gasteiger partial charge on any atom is -0.321 e. The number of benzene rings is 2. The van der Waals surface area contributed by atoms with Crippen LogP contribution in [-0.4, -0.2) is 18.5 Å². The lowest BCUT2D eigenvalue weighted by atomic mass is 9.99. The number of nitrogens with one attached hydrogen (secondary N) is 2. The third-order valence-corrected chi connectivity index (χ3v) is 4.76. The van der Waals surface area contributed by atoms with E-state index in [0.29, 0.717) is 5.69 Å². The quantitative estimate of drug-likeness (QED) is 0.889. The molecule has 0 saturated carbocycles. The molecule has 2 aromatic rings. The summed E-state index contributed by atoms with van der Waals surface area (Å²) < 4.78 is 13.1. The Morgan fingerprint density at radius 3 is 2.74 bits per heavy atom. The Kier molecular flexibility index (Phi) is 4.64. The zero-order valence-corrected chi connectivity index (χ0v) is 13.7. The zero-order chi connectivity index (χ0) is 16.4. The second kappa shape index (κ2) is 6.69. The Hall–Kier alpha value is -1.91. The molecule has 3 nitrogen and oxygen atoms in total. The number of anilines is 1. The van der Waals surface area contributed by atoms with Crippen LogP contribution in [0.15, 0.2) is 42.5 Å². The SMILES string of the molecule is C[C@H](C(=O)Nc1ccc(F)cc1Cl)[NH+]1CCc2ccccc2C1. The van der Waals surface area contributed by atoms with Crippen LogP contribution in [-0.2, 0) is 17.8 Å². The summed E-state index contributed by atoms with van der Waals surface area (Å²) in [6.07, 6.45) is 0.973. The molecular weight excluding hydrogens is 315 g/mol. The van der Waals surface area contributed by atoms with Crippen LogP contribution in [0.25, 0.3) is 0 Å². The van der Waals surface area contributed by atoms with Crippen LogP contribution < -0.4 is 10.2 Å². The van der Waals surface area contributed by atoms with Gasteiger partial charge < -0.3 is 10.2 Å². The van der Waals surface area contributed by atoms with Gasteiger partial charge in [-0.25, -0.2) is 4.39 Å². The number of carbonyl (C=O) groups excluding carboxylic acids is 1. The van der Waals surface area contributed by atoms with Gasteiger partial charge in [0.1, 0.15) is 12.4 Å². The molecule has 0 radical (unpaired) electrons. The number of carbonyl (C=O) groups is 1. The van der Waals surface area contributed by atoms with E-state index in [1.165, 1.54) is 34.2 Å². The van der Waals surface area contributed by atoms with Crippen molar-refractivity contribution >= 4 is 23.2 Å². The molecule has 0 fully saturated rings. The number of rotatable bonds is 3. The summed E-state index contributed by atoms with van der Waals surface area (Å²) in [6.45, 7) is 3.67. The fourth-order valence-corrected chi connectivity index (χ4v) is 3.20. The van der Waals surface area contributed by atoms with Crippen molar-refractivity contribution in [1.82, 2.24) is 0 Å². The predicted octanol–water partition coefficient (Wildman–Crippen LogP) is 2.45. The maximum absolute atomic E-state index is 13.1. The van der Waals surface area contributed by atoms with Crippen molar-refractivity contribution in [2.75, 3.05) is 11.9 Å². The largest absolute Gasteiger partial charge is 0.321 e. The van der Waals surface area contributed by atoms with E-state index in [0.717, 1.165) is 19.5 Å². The Morgan fingerprint density at radius 2 is 2.00 bits per heavy atom. The number of hydrogen-bond donors (Lipinski definition) is 2. The van der Waals surface area contributed by atoms with Gasteiger partial charge in [-0.3, -0.25) is 4.79 Å². The molecular formula is C18H19ClFN2O+. The molecule has 0 aromatic heterocycles. The molecule has 3 rings (SSSR count). The Labute approximate surface area is 140 Å². The van der Waals surface area contributed by atoms with Crippen molar-refractivity contribution in [3.8, 4) is 0 Å². The summed E-state index contributed by atoms with van der Waals surface area (Å²) in [4.78, 5) is 13.7. The van der Waals surface area contributed by atoms with Gasteiger partial charge in [-0.2, -0.15) is 0 Å². The van der Waals surface area contributed by atoms with Crippen molar-refractivity contribution in [1.29, 1.82) is 0 Å². The second-order valence-corrected chi connectivity index (χ2v) is 6.35. The van der Waals surface area contributed by atoms with E-state index in [9.17, 15) is 9.18 Å². The molecule has 1 amide bonds. The number of fused-ring (bicyclic) bond motifs is 1. The minimum absolute atomic E-state index is 0.104. The van der Waals surface area contributed by atoms with Gasteiger partial charge >= 0.3 is 0 Å². The first-order chi connectivity index (χ1) is 11.0. The van der Waals surface area contributed by atoms with E-state index >= 15 is 0 Å². The fourth-order valence-electron chi connectivity index (χ4n) is 2.99. The maximum atomic E-state index is 13.1. The van der Waals surface area contributed by atoms with E-state index in [-0.39, 0.29) is 17.0 Å². The summed E-state index contributed by atoms with van der Waals surface area (Å²) in [5.41, 5.74) is 3.11. The predicted molar refractivity (Wildman–Crippen MR) is 89.2 cm³/mol. The van der Waals surface area contributed by atoms with Gasteiger partial charge in [-0.05, 0) is 30.7 Å². The van der Waals surface area contributed by atoms with Gasteiger partial charge in [-0.15, -0.1) is 0 Å². The number of hydrogen-bond acceptors (Lipinski definition) is 1. The Bertz CT molecular complexity index is 735. The fraction of sp³-hybridized carbons (Fsp3) is 0.278. The van der Waals surface area contributed by atoms with Crippen molar-refractivity contribution in [2.24, 2.45) is 0 Å². The van der Waals surface area contributed by atoms with Crippen LogP contribution in [0.5, 0.6) is 0 Å². The van der Waals surface area contributed by atoms with Gasteiger partial charge in [-0.1, -0.05) is 35.9 Å². The Balaban J connectivity index is 1.68. The average molecular weight is 334 g/mol. The third-order valence-electron chi connectivity index (χ3n) is 4.45. The molecule has 2 atom stereocenters. The number of amides is 1. The smallest absolute Gasteiger partial charge is 0.282 e. The monoisotopic (exact) mass is 333 g/mol. The first kappa shape index (κ1) is 16.0. The summed E-state index contributed by atoms with van der Waals surface area (Å²) in [6, 6.07) is 12.1. The van der Waals surface area contributed by atoms with Crippen LogP contribution in [0.3, 0.4) is 0 Å².